The number of aromatic nitrogens is 4. The minimum Gasteiger partial charge on any atom is -0.248 e. The molecular formula is C30H10F2N8. The number of nitriles is 4. The van der Waals surface area contributed by atoms with Crippen molar-refractivity contribution < 1.29 is 8.78 Å². The molecule has 2 atom stereocenters. The molecule has 2 aromatic heterocycles. The van der Waals surface area contributed by atoms with Crippen LogP contribution in [0, 0.1) is 57.1 Å². The van der Waals surface area contributed by atoms with Crippen molar-refractivity contribution in [2.45, 2.75) is 5.92 Å². The molecule has 40 heavy (non-hydrogen) atoms. The second-order valence-electron chi connectivity index (χ2n) is 9.35. The van der Waals surface area contributed by atoms with Crippen LogP contribution in [0.3, 0.4) is 0 Å². The zero-order chi connectivity index (χ0) is 27.7. The van der Waals surface area contributed by atoms with Gasteiger partial charge < -0.3 is 0 Å². The van der Waals surface area contributed by atoms with E-state index in [0.29, 0.717) is 55.8 Å². The van der Waals surface area contributed by atoms with Crippen molar-refractivity contribution in [3.05, 3.63) is 94.0 Å². The minimum absolute atomic E-state index is 0.120. The summed E-state index contributed by atoms with van der Waals surface area (Å²) in [5.74, 6) is -1.97. The lowest BCUT2D eigenvalue weighted by atomic mass is 9.86. The molecule has 0 aliphatic heterocycles. The lowest BCUT2D eigenvalue weighted by molar-refractivity contribution is 0.619. The number of hydrogen-bond acceptors (Lipinski definition) is 8. The van der Waals surface area contributed by atoms with Crippen molar-refractivity contribution in [3.8, 4) is 35.5 Å². The van der Waals surface area contributed by atoms with Gasteiger partial charge in [0.15, 0.2) is 0 Å². The van der Waals surface area contributed by atoms with E-state index in [-0.39, 0.29) is 22.4 Å². The van der Waals surface area contributed by atoms with Crippen molar-refractivity contribution in [2.75, 3.05) is 0 Å². The molecule has 7 rings (SSSR count). The standard InChI is InChI=1S/C30H10F2N8/c31-15-1-3-17-19(5-15)27-29(25(17)13(9-33)10-34)39-23-8-22-24(7-21(23)37-27)40-30-26(14(11-35)12-36)18-4-2-16(32)6-20(18)28(30)38-22/h1-8,17,19H. The van der Waals surface area contributed by atoms with Gasteiger partial charge in [0.25, 0.3) is 0 Å². The third-order valence-electron chi connectivity index (χ3n) is 7.28. The number of nitrogens with zero attached hydrogens (tertiary/aromatic N) is 8. The first-order valence-corrected chi connectivity index (χ1v) is 11.9. The predicted octanol–water partition coefficient (Wildman–Crippen LogP) is 5.48. The number of fused-ring (bicyclic) bond motifs is 8. The van der Waals surface area contributed by atoms with Gasteiger partial charge in [-0.05, 0) is 42.0 Å². The lowest BCUT2D eigenvalue weighted by Crippen LogP contribution is -2.07. The lowest BCUT2D eigenvalue weighted by Gasteiger charge is -2.16. The Bertz CT molecular complexity index is 2160. The van der Waals surface area contributed by atoms with Gasteiger partial charge in [0.1, 0.15) is 47.1 Å². The summed E-state index contributed by atoms with van der Waals surface area (Å²) < 4.78 is 28.5. The Kier molecular flexibility index (Phi) is 4.72. The molecule has 3 aliphatic carbocycles. The van der Waals surface area contributed by atoms with E-state index in [1.807, 2.05) is 24.3 Å². The molecule has 0 fully saturated rings. The largest absolute Gasteiger partial charge is 0.248 e. The molecule has 0 saturated carbocycles. The highest BCUT2D eigenvalue weighted by molar-refractivity contribution is 6.04. The molecule has 3 aliphatic rings. The molecule has 0 radical (unpaired) electrons. The Balaban J connectivity index is 1.52. The number of hydrogen-bond donors (Lipinski definition) is 0. The number of rotatable bonds is 0. The van der Waals surface area contributed by atoms with E-state index in [2.05, 4.69) is 0 Å². The van der Waals surface area contributed by atoms with E-state index >= 15 is 0 Å². The van der Waals surface area contributed by atoms with Gasteiger partial charge in [-0.3, -0.25) is 0 Å². The number of allylic oxidation sites excluding steroid dienone is 7. The molecule has 0 spiro atoms. The van der Waals surface area contributed by atoms with E-state index < -0.39 is 23.5 Å². The van der Waals surface area contributed by atoms with Gasteiger partial charge in [-0.25, -0.2) is 28.7 Å². The zero-order valence-corrected chi connectivity index (χ0v) is 20.1. The summed E-state index contributed by atoms with van der Waals surface area (Å²) in [6, 6.07) is 14.9. The van der Waals surface area contributed by atoms with Gasteiger partial charge >= 0.3 is 0 Å². The van der Waals surface area contributed by atoms with Gasteiger partial charge in [0.05, 0.1) is 44.8 Å². The fourth-order valence-electron chi connectivity index (χ4n) is 5.62. The summed E-state index contributed by atoms with van der Waals surface area (Å²) in [6.07, 6.45) is 4.30. The average molecular weight is 520 g/mol. The molecular weight excluding hydrogens is 510 g/mol. The second kappa shape index (κ2) is 8.20. The van der Waals surface area contributed by atoms with Crippen molar-refractivity contribution in [3.63, 3.8) is 0 Å². The molecule has 2 unspecified atom stereocenters. The Hall–Kier alpha value is -6.10. The van der Waals surface area contributed by atoms with Crippen LogP contribution >= 0.6 is 0 Å². The van der Waals surface area contributed by atoms with E-state index in [4.69, 9.17) is 19.9 Å². The normalized spacial score (nSPS) is 17.6. The average Bonchev–Trinajstić information content (AvgIpc) is 3.42. The van der Waals surface area contributed by atoms with Crippen molar-refractivity contribution in [1.29, 1.82) is 21.0 Å². The predicted molar refractivity (Wildman–Crippen MR) is 138 cm³/mol. The van der Waals surface area contributed by atoms with E-state index in [1.165, 1.54) is 30.4 Å². The molecule has 4 aromatic rings. The summed E-state index contributed by atoms with van der Waals surface area (Å²) in [5.41, 5.74) is 4.26. The fourth-order valence-corrected chi connectivity index (χ4v) is 5.62. The Morgan fingerprint density at radius 3 is 1.98 bits per heavy atom. The van der Waals surface area contributed by atoms with Crippen LogP contribution in [-0.2, 0) is 0 Å². The topological polar surface area (TPSA) is 147 Å². The Morgan fingerprint density at radius 2 is 1.30 bits per heavy atom. The van der Waals surface area contributed by atoms with Crippen molar-refractivity contribution >= 4 is 33.2 Å². The molecule has 2 aromatic carbocycles. The maximum atomic E-state index is 14.2. The van der Waals surface area contributed by atoms with Crippen molar-refractivity contribution in [2.24, 2.45) is 5.92 Å². The third kappa shape index (κ3) is 3.05. The van der Waals surface area contributed by atoms with Crippen LogP contribution in [0.15, 0.2) is 65.5 Å². The van der Waals surface area contributed by atoms with Gasteiger partial charge in [-0.1, -0.05) is 12.1 Å². The summed E-state index contributed by atoms with van der Waals surface area (Å²) in [6.45, 7) is 0. The number of halogens is 2. The first kappa shape index (κ1) is 23.0. The van der Waals surface area contributed by atoms with Crippen LogP contribution < -0.4 is 0 Å². The van der Waals surface area contributed by atoms with Gasteiger partial charge in [0, 0.05) is 28.5 Å². The Labute approximate surface area is 224 Å². The molecule has 0 bridgehead atoms. The quantitative estimate of drug-likeness (QED) is 0.193. The molecule has 10 heteroatoms. The smallest absolute Gasteiger partial charge is 0.139 e. The van der Waals surface area contributed by atoms with Crippen LogP contribution in [0.1, 0.15) is 28.6 Å². The summed E-state index contributed by atoms with van der Waals surface area (Å²) in [5, 5.41) is 38.4. The van der Waals surface area contributed by atoms with Gasteiger partial charge in [-0.2, -0.15) is 21.0 Å². The maximum absolute atomic E-state index is 14.2. The van der Waals surface area contributed by atoms with Crippen LogP contribution in [-0.4, -0.2) is 19.9 Å². The van der Waals surface area contributed by atoms with Gasteiger partial charge in [0.2, 0.25) is 0 Å². The second-order valence-corrected chi connectivity index (χ2v) is 9.35. The van der Waals surface area contributed by atoms with E-state index in [1.54, 1.807) is 18.2 Å². The summed E-state index contributed by atoms with van der Waals surface area (Å²) in [7, 11) is 0. The summed E-state index contributed by atoms with van der Waals surface area (Å²) in [4.78, 5) is 18.9. The van der Waals surface area contributed by atoms with E-state index in [0.717, 1.165) is 0 Å². The molecule has 184 valence electrons. The first-order chi connectivity index (χ1) is 19.4. The first-order valence-electron chi connectivity index (χ1n) is 11.9. The van der Waals surface area contributed by atoms with Crippen LogP contribution in [0.25, 0.3) is 44.5 Å². The monoisotopic (exact) mass is 520 g/mol. The van der Waals surface area contributed by atoms with E-state index in [9.17, 15) is 29.8 Å². The third-order valence-corrected chi connectivity index (χ3v) is 7.28. The highest BCUT2D eigenvalue weighted by Crippen LogP contribution is 2.50. The minimum atomic E-state index is -0.543. The zero-order valence-electron chi connectivity index (χ0n) is 20.1. The molecule has 0 amide bonds. The maximum Gasteiger partial charge on any atom is 0.139 e. The van der Waals surface area contributed by atoms with Gasteiger partial charge in [-0.15, -0.1) is 0 Å². The molecule has 0 N–H and O–H groups in total. The molecule has 2 heterocycles. The van der Waals surface area contributed by atoms with Crippen LogP contribution in [0.2, 0.25) is 0 Å². The Morgan fingerprint density at radius 1 is 0.675 bits per heavy atom. The van der Waals surface area contributed by atoms with Crippen LogP contribution in [0.5, 0.6) is 0 Å². The van der Waals surface area contributed by atoms with Crippen LogP contribution in [0.4, 0.5) is 8.78 Å². The fraction of sp³-hybridized carbons (Fsp3) is 0.0667. The molecule has 0 saturated heterocycles. The molecule has 8 nitrogen and oxygen atoms in total. The number of benzene rings is 2. The SMILES string of the molecule is N#CC(C#N)=C1c2ccc(F)cc2-c2nc3cc4nc5c(nc4cc3nc21)C1C=C(F)C=CC1C5=C(C#N)C#N. The van der Waals surface area contributed by atoms with Crippen molar-refractivity contribution in [1.82, 2.24) is 19.9 Å². The summed E-state index contributed by atoms with van der Waals surface area (Å²) >= 11 is 0. The highest BCUT2D eigenvalue weighted by Gasteiger charge is 2.41. The highest BCUT2D eigenvalue weighted by atomic mass is 19.1.